The molecule has 0 saturated heterocycles. The second-order valence-electron chi connectivity index (χ2n) is 5.61. The zero-order chi connectivity index (χ0) is 17.5. The molecule has 1 unspecified atom stereocenters. The number of nitrogens with zero attached hydrogens (tertiary/aromatic N) is 3. The van der Waals surface area contributed by atoms with Crippen molar-refractivity contribution in [3.63, 3.8) is 0 Å². The molecule has 25 heavy (non-hydrogen) atoms. The molecule has 2 N–H and O–H groups in total. The number of pyridine rings is 1. The number of anilines is 1. The highest BCUT2D eigenvalue weighted by molar-refractivity contribution is 5.92. The van der Waals surface area contributed by atoms with Crippen LogP contribution in [0.25, 0.3) is 0 Å². The third-order valence-electron chi connectivity index (χ3n) is 3.73. The van der Waals surface area contributed by atoms with Crippen molar-refractivity contribution in [3.05, 3.63) is 84.1 Å². The molecule has 0 spiro atoms. The van der Waals surface area contributed by atoms with Crippen molar-refractivity contribution >= 4 is 11.7 Å². The van der Waals surface area contributed by atoms with Gasteiger partial charge in [-0.05, 0) is 24.1 Å². The third-order valence-corrected chi connectivity index (χ3v) is 3.73. The van der Waals surface area contributed by atoms with Gasteiger partial charge in [0.2, 0.25) is 0 Å². The van der Waals surface area contributed by atoms with E-state index in [-0.39, 0.29) is 17.6 Å². The number of amides is 1. The Hall–Kier alpha value is -3.28. The van der Waals surface area contributed by atoms with Gasteiger partial charge in [-0.2, -0.15) is 0 Å². The molecule has 0 bridgehead atoms. The van der Waals surface area contributed by atoms with Gasteiger partial charge in [0.05, 0.1) is 18.4 Å². The smallest absolute Gasteiger partial charge is 0.271 e. The van der Waals surface area contributed by atoms with Gasteiger partial charge in [0.15, 0.2) is 0 Å². The number of rotatable bonds is 6. The average molecular weight is 333 g/mol. The highest BCUT2D eigenvalue weighted by atomic mass is 16.1. The zero-order valence-electron chi connectivity index (χ0n) is 13.9. The molecule has 0 aliphatic carbocycles. The summed E-state index contributed by atoms with van der Waals surface area (Å²) in [7, 11) is 0. The van der Waals surface area contributed by atoms with Gasteiger partial charge in [-0.25, -0.2) is 9.97 Å². The minimum atomic E-state index is -0.248. The van der Waals surface area contributed by atoms with Crippen molar-refractivity contribution < 1.29 is 4.79 Å². The van der Waals surface area contributed by atoms with E-state index in [0.717, 1.165) is 11.1 Å². The van der Waals surface area contributed by atoms with E-state index in [4.69, 9.17) is 0 Å². The molecule has 0 fully saturated rings. The molecule has 0 radical (unpaired) electrons. The van der Waals surface area contributed by atoms with Crippen LogP contribution in [0.5, 0.6) is 0 Å². The fourth-order valence-corrected chi connectivity index (χ4v) is 2.33. The fraction of sp³-hybridized carbons (Fsp3) is 0.158. The van der Waals surface area contributed by atoms with Crippen molar-refractivity contribution in [3.8, 4) is 0 Å². The molecule has 1 amide bonds. The molecule has 2 aromatic heterocycles. The van der Waals surface area contributed by atoms with E-state index in [1.807, 2.05) is 49.4 Å². The van der Waals surface area contributed by atoms with Gasteiger partial charge in [0.25, 0.3) is 5.91 Å². The van der Waals surface area contributed by atoms with Crippen molar-refractivity contribution in [2.24, 2.45) is 0 Å². The Bertz CT molecular complexity index is 806. The summed E-state index contributed by atoms with van der Waals surface area (Å²) in [5.74, 6) is 0.360. The molecule has 2 heterocycles. The zero-order valence-corrected chi connectivity index (χ0v) is 13.9. The summed E-state index contributed by atoms with van der Waals surface area (Å²) in [6.45, 7) is 2.53. The van der Waals surface area contributed by atoms with Gasteiger partial charge in [0.1, 0.15) is 11.5 Å². The lowest BCUT2D eigenvalue weighted by molar-refractivity contribution is 0.0934. The Labute approximate surface area is 146 Å². The molecule has 0 saturated carbocycles. The van der Waals surface area contributed by atoms with Crippen LogP contribution in [0, 0.1) is 0 Å². The van der Waals surface area contributed by atoms with E-state index in [2.05, 4.69) is 25.6 Å². The summed E-state index contributed by atoms with van der Waals surface area (Å²) in [6, 6.07) is 13.5. The Morgan fingerprint density at radius 1 is 1.04 bits per heavy atom. The molecule has 0 aliphatic rings. The van der Waals surface area contributed by atoms with Gasteiger partial charge < -0.3 is 10.6 Å². The van der Waals surface area contributed by atoms with E-state index in [9.17, 15) is 4.79 Å². The lowest BCUT2D eigenvalue weighted by atomic mass is 10.1. The molecular weight excluding hydrogens is 314 g/mol. The van der Waals surface area contributed by atoms with E-state index >= 15 is 0 Å². The molecule has 0 aliphatic heterocycles. The molecule has 6 heteroatoms. The number of carbonyl (C=O) groups is 1. The maximum atomic E-state index is 12.3. The van der Waals surface area contributed by atoms with Crippen LogP contribution in [-0.2, 0) is 6.54 Å². The Balaban J connectivity index is 1.57. The summed E-state index contributed by atoms with van der Waals surface area (Å²) >= 11 is 0. The van der Waals surface area contributed by atoms with Crippen molar-refractivity contribution in [2.75, 3.05) is 5.32 Å². The number of hydrogen-bond donors (Lipinski definition) is 2. The standard InChI is InChI=1S/C19H19N5O/c1-14(16-7-3-2-4-8-16)24-19(25)17-12-23-18(13-21-17)22-11-15-6-5-9-20-10-15/h2-10,12-14H,11H2,1H3,(H,22,23)(H,24,25). The van der Waals surface area contributed by atoms with Crippen LogP contribution >= 0.6 is 0 Å². The van der Waals surface area contributed by atoms with E-state index in [1.54, 1.807) is 18.6 Å². The monoisotopic (exact) mass is 333 g/mol. The average Bonchev–Trinajstić information content (AvgIpc) is 2.68. The highest BCUT2D eigenvalue weighted by Gasteiger charge is 2.12. The molecule has 1 atom stereocenters. The lowest BCUT2D eigenvalue weighted by Crippen LogP contribution is -2.27. The molecule has 3 aromatic rings. The van der Waals surface area contributed by atoms with Crippen molar-refractivity contribution in [1.82, 2.24) is 20.3 Å². The van der Waals surface area contributed by atoms with Gasteiger partial charge in [-0.15, -0.1) is 0 Å². The van der Waals surface area contributed by atoms with Crippen LogP contribution < -0.4 is 10.6 Å². The topological polar surface area (TPSA) is 79.8 Å². The van der Waals surface area contributed by atoms with E-state index in [1.165, 1.54) is 6.20 Å². The third kappa shape index (κ3) is 4.60. The summed E-state index contributed by atoms with van der Waals surface area (Å²) in [6.07, 6.45) is 6.54. The maximum absolute atomic E-state index is 12.3. The number of hydrogen-bond acceptors (Lipinski definition) is 5. The summed E-state index contributed by atoms with van der Waals surface area (Å²) in [4.78, 5) is 24.8. The van der Waals surface area contributed by atoms with E-state index < -0.39 is 0 Å². The summed E-state index contributed by atoms with van der Waals surface area (Å²) in [5.41, 5.74) is 2.37. The summed E-state index contributed by atoms with van der Waals surface area (Å²) in [5, 5.41) is 6.07. The van der Waals surface area contributed by atoms with Crippen LogP contribution in [-0.4, -0.2) is 20.9 Å². The molecular formula is C19H19N5O. The molecule has 1 aromatic carbocycles. The van der Waals surface area contributed by atoms with Crippen molar-refractivity contribution in [1.29, 1.82) is 0 Å². The molecule has 6 nitrogen and oxygen atoms in total. The van der Waals surface area contributed by atoms with Gasteiger partial charge in [-0.3, -0.25) is 9.78 Å². The maximum Gasteiger partial charge on any atom is 0.271 e. The highest BCUT2D eigenvalue weighted by Crippen LogP contribution is 2.12. The van der Waals surface area contributed by atoms with Gasteiger partial charge in [0, 0.05) is 18.9 Å². The van der Waals surface area contributed by atoms with Crippen molar-refractivity contribution in [2.45, 2.75) is 19.5 Å². The first-order chi connectivity index (χ1) is 12.2. The second-order valence-corrected chi connectivity index (χ2v) is 5.61. The number of nitrogens with one attached hydrogen (secondary N) is 2. The summed E-state index contributed by atoms with van der Waals surface area (Å²) < 4.78 is 0. The first-order valence-corrected chi connectivity index (χ1v) is 8.03. The number of aromatic nitrogens is 3. The minimum absolute atomic E-state index is 0.0983. The van der Waals surface area contributed by atoms with Crippen LogP contribution in [0.15, 0.2) is 67.3 Å². The van der Waals surface area contributed by atoms with Crippen LogP contribution in [0.1, 0.15) is 34.6 Å². The second kappa shape index (κ2) is 8.01. The quantitative estimate of drug-likeness (QED) is 0.725. The Morgan fingerprint density at radius 2 is 1.88 bits per heavy atom. The largest absolute Gasteiger partial charge is 0.365 e. The molecule has 3 rings (SSSR count). The predicted octanol–water partition coefficient (Wildman–Crippen LogP) is 2.97. The normalized spacial score (nSPS) is 11.6. The van der Waals surface area contributed by atoms with Crippen LogP contribution in [0.2, 0.25) is 0 Å². The number of carbonyl (C=O) groups excluding carboxylic acids is 1. The number of benzene rings is 1. The van der Waals surface area contributed by atoms with Crippen LogP contribution in [0.4, 0.5) is 5.82 Å². The molecule has 126 valence electrons. The minimum Gasteiger partial charge on any atom is -0.365 e. The Kier molecular flexibility index (Phi) is 5.31. The fourth-order valence-electron chi connectivity index (χ4n) is 2.33. The Morgan fingerprint density at radius 3 is 2.56 bits per heavy atom. The SMILES string of the molecule is CC(NC(=O)c1cnc(NCc2cccnc2)cn1)c1ccccc1. The first-order valence-electron chi connectivity index (χ1n) is 8.03. The predicted molar refractivity (Wildman–Crippen MR) is 95.9 cm³/mol. The lowest BCUT2D eigenvalue weighted by Gasteiger charge is -2.14. The van der Waals surface area contributed by atoms with Crippen LogP contribution in [0.3, 0.4) is 0 Å². The first kappa shape index (κ1) is 16.6. The van der Waals surface area contributed by atoms with Gasteiger partial charge >= 0.3 is 0 Å². The van der Waals surface area contributed by atoms with Gasteiger partial charge in [-0.1, -0.05) is 36.4 Å². The van der Waals surface area contributed by atoms with E-state index in [0.29, 0.717) is 12.4 Å².